The minimum absolute atomic E-state index is 0.0545. The van der Waals surface area contributed by atoms with Crippen LogP contribution in [0.5, 0.6) is 0 Å². The second-order valence-electron chi connectivity index (χ2n) is 5.23. The molecule has 0 radical (unpaired) electrons. The standard InChI is InChI=1S/C14H28N2O3/c1-2-4-14(5-8-15-9-6-14)13(18)16-7-3-11-19-12-10-17/h15,17H,2-12H2,1H3,(H,16,18). The second-order valence-corrected chi connectivity index (χ2v) is 5.23. The molecule has 1 amide bonds. The topological polar surface area (TPSA) is 70.6 Å². The third-order valence-electron chi connectivity index (χ3n) is 3.76. The molecule has 0 aromatic heterocycles. The average molecular weight is 272 g/mol. The van der Waals surface area contributed by atoms with E-state index >= 15 is 0 Å². The Bertz CT molecular complexity index is 248. The molecule has 0 aromatic carbocycles. The summed E-state index contributed by atoms with van der Waals surface area (Å²) in [5.74, 6) is 0.206. The molecule has 0 spiro atoms. The number of aliphatic hydroxyl groups is 1. The molecule has 112 valence electrons. The van der Waals surface area contributed by atoms with Crippen LogP contribution < -0.4 is 10.6 Å². The Hall–Kier alpha value is -0.650. The fourth-order valence-electron chi connectivity index (χ4n) is 2.70. The van der Waals surface area contributed by atoms with Crippen LogP contribution in [0.2, 0.25) is 0 Å². The molecule has 5 nitrogen and oxygen atoms in total. The second kappa shape index (κ2) is 9.28. The summed E-state index contributed by atoms with van der Waals surface area (Å²) in [6.07, 6.45) is 4.70. The van der Waals surface area contributed by atoms with Crippen molar-refractivity contribution < 1.29 is 14.6 Å². The molecule has 0 saturated carbocycles. The Morgan fingerprint density at radius 3 is 2.74 bits per heavy atom. The molecular formula is C14H28N2O3. The van der Waals surface area contributed by atoms with Crippen LogP contribution in [0.15, 0.2) is 0 Å². The smallest absolute Gasteiger partial charge is 0.226 e. The monoisotopic (exact) mass is 272 g/mol. The van der Waals surface area contributed by atoms with E-state index in [1.165, 1.54) is 0 Å². The Morgan fingerprint density at radius 2 is 2.11 bits per heavy atom. The number of amides is 1. The van der Waals surface area contributed by atoms with E-state index in [2.05, 4.69) is 17.6 Å². The molecule has 1 fully saturated rings. The summed E-state index contributed by atoms with van der Waals surface area (Å²) in [7, 11) is 0. The van der Waals surface area contributed by atoms with Crippen molar-refractivity contribution in [1.82, 2.24) is 10.6 Å². The lowest BCUT2D eigenvalue weighted by Crippen LogP contribution is -2.47. The summed E-state index contributed by atoms with van der Waals surface area (Å²) >= 11 is 0. The van der Waals surface area contributed by atoms with Crippen LogP contribution in [0.25, 0.3) is 0 Å². The Balaban J connectivity index is 2.28. The van der Waals surface area contributed by atoms with Crippen molar-refractivity contribution in [2.24, 2.45) is 5.41 Å². The zero-order chi connectivity index (χ0) is 14.0. The number of hydrogen-bond acceptors (Lipinski definition) is 4. The highest BCUT2D eigenvalue weighted by atomic mass is 16.5. The third-order valence-corrected chi connectivity index (χ3v) is 3.76. The van der Waals surface area contributed by atoms with E-state index in [1.54, 1.807) is 0 Å². The van der Waals surface area contributed by atoms with Crippen molar-refractivity contribution in [2.45, 2.75) is 39.0 Å². The fourth-order valence-corrected chi connectivity index (χ4v) is 2.70. The fraction of sp³-hybridized carbons (Fsp3) is 0.929. The molecule has 0 bridgehead atoms. The molecule has 0 aromatic rings. The van der Waals surface area contributed by atoms with Crippen LogP contribution >= 0.6 is 0 Å². The van der Waals surface area contributed by atoms with Gasteiger partial charge in [-0.05, 0) is 38.8 Å². The van der Waals surface area contributed by atoms with Crippen LogP contribution in [0, 0.1) is 5.41 Å². The summed E-state index contributed by atoms with van der Waals surface area (Å²) in [6, 6.07) is 0. The maximum Gasteiger partial charge on any atom is 0.226 e. The lowest BCUT2D eigenvalue weighted by molar-refractivity contribution is -0.133. The molecule has 5 heteroatoms. The van der Waals surface area contributed by atoms with Crippen molar-refractivity contribution in [1.29, 1.82) is 0 Å². The molecular weight excluding hydrogens is 244 g/mol. The van der Waals surface area contributed by atoms with Crippen molar-refractivity contribution >= 4 is 5.91 Å². The molecule has 1 rings (SSSR count). The van der Waals surface area contributed by atoms with Gasteiger partial charge in [0, 0.05) is 13.2 Å². The van der Waals surface area contributed by atoms with Gasteiger partial charge in [-0.3, -0.25) is 4.79 Å². The van der Waals surface area contributed by atoms with Gasteiger partial charge in [0.25, 0.3) is 0 Å². The minimum atomic E-state index is -0.161. The summed E-state index contributed by atoms with van der Waals surface area (Å²) < 4.78 is 5.17. The maximum absolute atomic E-state index is 12.4. The maximum atomic E-state index is 12.4. The number of nitrogens with one attached hydrogen (secondary N) is 2. The predicted molar refractivity (Wildman–Crippen MR) is 75.0 cm³/mol. The van der Waals surface area contributed by atoms with E-state index in [4.69, 9.17) is 9.84 Å². The lowest BCUT2D eigenvalue weighted by atomic mass is 9.74. The highest BCUT2D eigenvalue weighted by Gasteiger charge is 2.38. The van der Waals surface area contributed by atoms with Gasteiger partial charge in [0.1, 0.15) is 0 Å². The van der Waals surface area contributed by atoms with Gasteiger partial charge in [0.2, 0.25) is 5.91 Å². The highest BCUT2D eigenvalue weighted by molar-refractivity contribution is 5.82. The minimum Gasteiger partial charge on any atom is -0.394 e. The first-order valence-electron chi connectivity index (χ1n) is 7.43. The quantitative estimate of drug-likeness (QED) is 0.540. The normalized spacial score (nSPS) is 18.2. The summed E-state index contributed by atoms with van der Waals surface area (Å²) in [6.45, 7) is 5.69. The number of rotatable bonds is 9. The van der Waals surface area contributed by atoms with Gasteiger partial charge < -0.3 is 20.5 Å². The molecule has 0 aliphatic carbocycles. The van der Waals surface area contributed by atoms with E-state index in [1.807, 2.05) is 0 Å². The van der Waals surface area contributed by atoms with E-state index < -0.39 is 0 Å². The number of hydrogen-bond donors (Lipinski definition) is 3. The number of aliphatic hydroxyl groups excluding tert-OH is 1. The first-order chi connectivity index (χ1) is 9.25. The van der Waals surface area contributed by atoms with Gasteiger partial charge in [-0.2, -0.15) is 0 Å². The van der Waals surface area contributed by atoms with Gasteiger partial charge in [0.05, 0.1) is 18.6 Å². The zero-order valence-corrected chi connectivity index (χ0v) is 12.0. The summed E-state index contributed by atoms with van der Waals surface area (Å²) in [4.78, 5) is 12.4. The molecule has 1 aliphatic rings. The molecule has 1 saturated heterocycles. The SMILES string of the molecule is CCCC1(C(=O)NCCCOCCO)CCNCC1. The van der Waals surface area contributed by atoms with Gasteiger partial charge >= 0.3 is 0 Å². The van der Waals surface area contributed by atoms with E-state index in [0.29, 0.717) is 19.8 Å². The van der Waals surface area contributed by atoms with Crippen molar-refractivity contribution in [3.8, 4) is 0 Å². The largest absolute Gasteiger partial charge is 0.394 e. The highest BCUT2D eigenvalue weighted by Crippen LogP contribution is 2.34. The first kappa shape index (κ1) is 16.4. The van der Waals surface area contributed by atoms with Crippen LogP contribution in [0.4, 0.5) is 0 Å². The summed E-state index contributed by atoms with van der Waals surface area (Å²) in [5.41, 5.74) is -0.161. The Labute approximate surface area is 116 Å². The predicted octanol–water partition coefficient (Wildman–Crippen LogP) is 0.672. The van der Waals surface area contributed by atoms with Gasteiger partial charge in [0.15, 0.2) is 0 Å². The Morgan fingerprint density at radius 1 is 1.37 bits per heavy atom. The molecule has 1 aliphatic heterocycles. The summed E-state index contributed by atoms with van der Waals surface area (Å²) in [5, 5.41) is 14.9. The van der Waals surface area contributed by atoms with Gasteiger partial charge in [-0.15, -0.1) is 0 Å². The molecule has 3 N–H and O–H groups in total. The Kier molecular flexibility index (Phi) is 8.02. The zero-order valence-electron chi connectivity index (χ0n) is 12.0. The van der Waals surface area contributed by atoms with Crippen LogP contribution in [0.3, 0.4) is 0 Å². The molecule has 19 heavy (non-hydrogen) atoms. The number of piperidine rings is 1. The molecule has 0 atom stereocenters. The first-order valence-corrected chi connectivity index (χ1v) is 7.43. The van der Waals surface area contributed by atoms with Crippen molar-refractivity contribution in [2.75, 3.05) is 39.5 Å². The van der Waals surface area contributed by atoms with Crippen molar-refractivity contribution in [3.05, 3.63) is 0 Å². The van der Waals surface area contributed by atoms with Gasteiger partial charge in [-0.1, -0.05) is 13.3 Å². The van der Waals surface area contributed by atoms with Crippen molar-refractivity contribution in [3.63, 3.8) is 0 Å². The van der Waals surface area contributed by atoms with Crippen LogP contribution in [-0.4, -0.2) is 50.5 Å². The number of ether oxygens (including phenoxy) is 1. The average Bonchev–Trinajstić information content (AvgIpc) is 2.44. The lowest BCUT2D eigenvalue weighted by Gasteiger charge is -2.36. The third kappa shape index (κ3) is 5.47. The number of carbonyl (C=O) groups excluding carboxylic acids is 1. The van der Waals surface area contributed by atoms with E-state index in [-0.39, 0.29) is 17.9 Å². The van der Waals surface area contributed by atoms with E-state index in [9.17, 15) is 4.79 Å². The van der Waals surface area contributed by atoms with E-state index in [0.717, 1.165) is 45.2 Å². The molecule has 1 heterocycles. The van der Waals surface area contributed by atoms with Gasteiger partial charge in [-0.25, -0.2) is 0 Å². The van der Waals surface area contributed by atoms with Crippen LogP contribution in [0.1, 0.15) is 39.0 Å². The number of carbonyl (C=O) groups is 1. The molecule has 0 unspecified atom stereocenters. The van der Waals surface area contributed by atoms with Crippen LogP contribution in [-0.2, 0) is 9.53 Å².